The molecule has 3 heterocycles. The molecule has 0 spiro atoms. The van der Waals surface area contributed by atoms with Crippen LogP contribution < -0.4 is 10.6 Å². The van der Waals surface area contributed by atoms with Crippen LogP contribution >= 0.6 is 0 Å². The molecule has 2 aromatic heterocycles. The molecule has 2 aromatic rings. The quantitative estimate of drug-likeness (QED) is 0.846. The molecule has 1 aliphatic heterocycles. The van der Waals surface area contributed by atoms with Crippen molar-refractivity contribution in [3.8, 4) is 0 Å². The summed E-state index contributed by atoms with van der Waals surface area (Å²) in [6.45, 7) is 0.687. The molecule has 0 radical (unpaired) electrons. The van der Waals surface area contributed by atoms with Crippen LogP contribution in [0.25, 0.3) is 5.65 Å². The third-order valence-electron chi connectivity index (χ3n) is 3.49. The first-order valence-electron chi connectivity index (χ1n) is 6.75. The largest absolute Gasteiger partial charge is 0.354 e. The molecule has 0 bridgehead atoms. The summed E-state index contributed by atoms with van der Waals surface area (Å²) in [5.41, 5.74) is 1.31. The number of fused-ring (bicyclic) bond motifs is 1. The number of amides is 2. The minimum Gasteiger partial charge on any atom is -0.354 e. The minimum absolute atomic E-state index is 0.0976. The molecule has 1 aliphatic rings. The number of carbonyl (C=O) groups is 2. The number of carbonyl (C=O) groups excluding carboxylic acids is 2. The molecular formula is C14H16N4O2. The minimum atomic E-state index is -0.441. The van der Waals surface area contributed by atoms with E-state index in [0.717, 1.165) is 18.5 Å². The van der Waals surface area contributed by atoms with Gasteiger partial charge in [0.05, 0.1) is 5.56 Å². The van der Waals surface area contributed by atoms with E-state index >= 15 is 0 Å². The van der Waals surface area contributed by atoms with E-state index in [1.165, 1.54) is 0 Å². The Bertz CT molecular complexity index is 649. The van der Waals surface area contributed by atoms with Crippen molar-refractivity contribution in [1.82, 2.24) is 20.0 Å². The lowest BCUT2D eigenvalue weighted by Gasteiger charge is -2.15. The van der Waals surface area contributed by atoms with Gasteiger partial charge in [0.25, 0.3) is 5.91 Å². The van der Waals surface area contributed by atoms with Crippen LogP contribution in [0.15, 0.2) is 30.7 Å². The zero-order valence-electron chi connectivity index (χ0n) is 11.0. The van der Waals surface area contributed by atoms with Gasteiger partial charge >= 0.3 is 0 Å². The molecule has 2 N–H and O–H groups in total. The second kappa shape index (κ2) is 5.32. The molecule has 1 fully saturated rings. The summed E-state index contributed by atoms with van der Waals surface area (Å²) >= 11 is 0. The van der Waals surface area contributed by atoms with Crippen molar-refractivity contribution >= 4 is 17.5 Å². The molecule has 0 aromatic carbocycles. The van der Waals surface area contributed by atoms with Gasteiger partial charge in [-0.1, -0.05) is 0 Å². The monoisotopic (exact) mass is 272 g/mol. The second-order valence-corrected chi connectivity index (χ2v) is 4.92. The highest BCUT2D eigenvalue weighted by Crippen LogP contribution is 2.08. The topological polar surface area (TPSA) is 75.5 Å². The zero-order valence-corrected chi connectivity index (χ0v) is 11.0. The Balaban J connectivity index is 1.76. The van der Waals surface area contributed by atoms with Crippen LogP contribution in [-0.4, -0.2) is 33.8 Å². The number of aromatic nitrogens is 2. The Labute approximate surface area is 116 Å². The fourth-order valence-corrected chi connectivity index (χ4v) is 2.37. The summed E-state index contributed by atoms with van der Waals surface area (Å²) in [7, 11) is 0. The van der Waals surface area contributed by atoms with Gasteiger partial charge in [-0.15, -0.1) is 0 Å². The number of hydrogen-bond donors (Lipinski definition) is 2. The van der Waals surface area contributed by atoms with Crippen LogP contribution in [0, 0.1) is 0 Å². The van der Waals surface area contributed by atoms with Crippen LogP contribution in [0.4, 0.5) is 0 Å². The van der Waals surface area contributed by atoms with Gasteiger partial charge in [-0.3, -0.25) is 9.59 Å². The van der Waals surface area contributed by atoms with Gasteiger partial charge in [-0.25, -0.2) is 4.98 Å². The molecule has 104 valence electrons. The van der Waals surface area contributed by atoms with Crippen molar-refractivity contribution in [2.45, 2.75) is 25.3 Å². The van der Waals surface area contributed by atoms with Crippen molar-refractivity contribution in [2.75, 3.05) is 6.54 Å². The summed E-state index contributed by atoms with van der Waals surface area (Å²) in [6.07, 6.45) is 7.75. The first-order chi connectivity index (χ1) is 9.74. The maximum Gasteiger partial charge on any atom is 0.253 e. The van der Waals surface area contributed by atoms with Gasteiger partial charge < -0.3 is 15.0 Å². The van der Waals surface area contributed by atoms with E-state index < -0.39 is 6.04 Å². The number of pyridine rings is 1. The van der Waals surface area contributed by atoms with Gasteiger partial charge in [-0.2, -0.15) is 0 Å². The highest BCUT2D eigenvalue weighted by molar-refractivity contribution is 5.97. The predicted octanol–water partition coefficient (Wildman–Crippen LogP) is 0.733. The summed E-state index contributed by atoms with van der Waals surface area (Å²) in [4.78, 5) is 28.1. The number of hydrogen-bond acceptors (Lipinski definition) is 3. The highest BCUT2D eigenvalue weighted by atomic mass is 16.2. The van der Waals surface area contributed by atoms with E-state index in [0.29, 0.717) is 18.5 Å². The lowest BCUT2D eigenvalue weighted by Crippen LogP contribution is -2.45. The predicted molar refractivity (Wildman–Crippen MR) is 73.3 cm³/mol. The van der Waals surface area contributed by atoms with Crippen molar-refractivity contribution < 1.29 is 9.59 Å². The van der Waals surface area contributed by atoms with Crippen molar-refractivity contribution in [3.05, 3.63) is 36.3 Å². The van der Waals surface area contributed by atoms with E-state index in [9.17, 15) is 9.59 Å². The molecule has 0 saturated carbocycles. The SMILES string of the molecule is O=C(N[C@H]1CCCCNC1=O)c1ccc2nccn2c1. The third kappa shape index (κ3) is 2.49. The van der Waals surface area contributed by atoms with Crippen molar-refractivity contribution in [2.24, 2.45) is 0 Å². The Kier molecular flexibility index (Phi) is 3.37. The first kappa shape index (κ1) is 12.7. The number of nitrogens with one attached hydrogen (secondary N) is 2. The standard InChI is InChI=1S/C14H16N4O2/c19-13(17-11-3-1-2-6-16-14(11)20)10-4-5-12-15-7-8-18(12)9-10/h4-5,7-9,11H,1-3,6H2,(H,16,20)(H,17,19)/t11-/m0/s1. The van der Waals surface area contributed by atoms with Crippen molar-refractivity contribution in [3.63, 3.8) is 0 Å². The number of imidazole rings is 1. The van der Waals surface area contributed by atoms with E-state index in [1.807, 2.05) is 0 Å². The van der Waals surface area contributed by atoms with E-state index in [2.05, 4.69) is 15.6 Å². The summed E-state index contributed by atoms with van der Waals surface area (Å²) < 4.78 is 1.78. The maximum absolute atomic E-state index is 12.2. The molecule has 6 nitrogen and oxygen atoms in total. The summed E-state index contributed by atoms with van der Waals surface area (Å²) in [5, 5.41) is 5.61. The molecule has 1 atom stereocenters. The fraction of sp³-hybridized carbons (Fsp3) is 0.357. The average molecular weight is 272 g/mol. The lowest BCUT2D eigenvalue weighted by atomic mass is 10.1. The average Bonchev–Trinajstić information content (AvgIpc) is 2.83. The van der Waals surface area contributed by atoms with Crippen LogP contribution in [0.2, 0.25) is 0 Å². The highest BCUT2D eigenvalue weighted by Gasteiger charge is 2.22. The van der Waals surface area contributed by atoms with Gasteiger partial charge in [0.2, 0.25) is 5.91 Å². The Morgan fingerprint density at radius 1 is 1.40 bits per heavy atom. The van der Waals surface area contributed by atoms with Gasteiger partial charge in [-0.05, 0) is 31.4 Å². The molecule has 6 heteroatoms. The Hall–Kier alpha value is -2.37. The van der Waals surface area contributed by atoms with Gasteiger partial charge in [0.1, 0.15) is 11.7 Å². The van der Waals surface area contributed by atoms with Crippen LogP contribution in [0.3, 0.4) is 0 Å². The van der Waals surface area contributed by atoms with E-state index in [-0.39, 0.29) is 11.8 Å². The molecule has 20 heavy (non-hydrogen) atoms. The normalized spacial score (nSPS) is 19.4. The Morgan fingerprint density at radius 2 is 2.30 bits per heavy atom. The van der Waals surface area contributed by atoms with Gasteiger partial charge in [0, 0.05) is 25.1 Å². The van der Waals surface area contributed by atoms with Crippen molar-refractivity contribution in [1.29, 1.82) is 0 Å². The fourth-order valence-electron chi connectivity index (χ4n) is 2.37. The van der Waals surface area contributed by atoms with Crippen LogP contribution in [-0.2, 0) is 4.79 Å². The first-order valence-corrected chi connectivity index (χ1v) is 6.75. The molecule has 0 unspecified atom stereocenters. The smallest absolute Gasteiger partial charge is 0.253 e. The van der Waals surface area contributed by atoms with E-state index in [4.69, 9.17) is 0 Å². The lowest BCUT2D eigenvalue weighted by molar-refractivity contribution is -0.122. The zero-order chi connectivity index (χ0) is 13.9. The molecule has 2 amide bonds. The van der Waals surface area contributed by atoms with E-state index in [1.54, 1.807) is 35.1 Å². The van der Waals surface area contributed by atoms with Crippen LogP contribution in [0.5, 0.6) is 0 Å². The Morgan fingerprint density at radius 3 is 3.20 bits per heavy atom. The maximum atomic E-state index is 12.2. The molecule has 0 aliphatic carbocycles. The summed E-state index contributed by atoms with van der Waals surface area (Å²) in [5.74, 6) is -0.331. The second-order valence-electron chi connectivity index (χ2n) is 4.92. The molecule has 3 rings (SSSR count). The number of nitrogens with zero attached hydrogens (tertiary/aromatic N) is 2. The molecule has 1 saturated heterocycles. The third-order valence-corrected chi connectivity index (χ3v) is 3.49. The van der Waals surface area contributed by atoms with Gasteiger partial charge in [0.15, 0.2) is 0 Å². The summed E-state index contributed by atoms with van der Waals surface area (Å²) in [6, 6.07) is 3.05. The number of rotatable bonds is 2. The van der Waals surface area contributed by atoms with Crippen LogP contribution in [0.1, 0.15) is 29.6 Å². The molecular weight excluding hydrogens is 256 g/mol.